The highest BCUT2D eigenvalue weighted by Gasteiger charge is 2.52. The Morgan fingerprint density at radius 2 is 2.13 bits per heavy atom. The lowest BCUT2D eigenvalue weighted by Crippen LogP contribution is -2.57. The van der Waals surface area contributed by atoms with Gasteiger partial charge in [-0.2, -0.15) is 0 Å². The van der Waals surface area contributed by atoms with E-state index in [1.807, 2.05) is 0 Å². The second kappa shape index (κ2) is 3.89. The lowest BCUT2D eigenvalue weighted by atomic mass is 9.71. The molecule has 0 amide bonds. The molecular weight excluding hydrogens is 186 g/mol. The van der Waals surface area contributed by atoms with Crippen LogP contribution < -0.4 is 0 Å². The van der Waals surface area contributed by atoms with E-state index in [1.165, 1.54) is 19.3 Å². The topological polar surface area (TPSA) is 20.3 Å². The highest BCUT2D eigenvalue weighted by atomic mass is 16.1. The number of Topliss-reactive ketones (excluding diaryl/α,β-unsaturated/α-hetero) is 1. The van der Waals surface area contributed by atoms with Crippen molar-refractivity contribution in [2.75, 3.05) is 6.54 Å². The molecule has 15 heavy (non-hydrogen) atoms. The van der Waals surface area contributed by atoms with Crippen molar-refractivity contribution in [2.24, 2.45) is 5.92 Å². The molecule has 0 bridgehead atoms. The van der Waals surface area contributed by atoms with E-state index in [-0.39, 0.29) is 5.54 Å². The van der Waals surface area contributed by atoms with E-state index in [0.717, 1.165) is 19.4 Å². The van der Waals surface area contributed by atoms with Gasteiger partial charge < -0.3 is 0 Å². The first-order valence-electron chi connectivity index (χ1n) is 6.39. The van der Waals surface area contributed by atoms with E-state index < -0.39 is 0 Å². The van der Waals surface area contributed by atoms with Crippen LogP contribution in [0.25, 0.3) is 0 Å². The van der Waals surface area contributed by atoms with Crippen molar-refractivity contribution in [3.8, 4) is 0 Å². The van der Waals surface area contributed by atoms with Crippen molar-refractivity contribution < 1.29 is 4.79 Å². The Labute approximate surface area is 93.0 Å². The van der Waals surface area contributed by atoms with Gasteiger partial charge in [-0.3, -0.25) is 9.69 Å². The van der Waals surface area contributed by atoms with Gasteiger partial charge in [0.05, 0.1) is 5.54 Å². The lowest BCUT2D eigenvalue weighted by molar-refractivity contribution is -0.131. The lowest BCUT2D eigenvalue weighted by Gasteiger charge is -2.46. The first-order valence-corrected chi connectivity index (χ1v) is 6.39. The standard InChI is InChI=1S/C13H23NO/c1-10(2)14-9-7-12(15)13(14)8-5-4-6-11(13)3/h10-11H,4-9H2,1-3H3. The largest absolute Gasteiger partial charge is 0.298 e. The minimum atomic E-state index is -0.0770. The number of nitrogens with zero attached hydrogens (tertiary/aromatic N) is 1. The maximum atomic E-state index is 12.2. The molecular formula is C13H23NO. The van der Waals surface area contributed by atoms with E-state index in [4.69, 9.17) is 0 Å². The number of hydrogen-bond donors (Lipinski definition) is 0. The highest BCUT2D eigenvalue weighted by molar-refractivity contribution is 5.91. The fourth-order valence-electron chi connectivity index (χ4n) is 3.69. The number of hydrogen-bond acceptors (Lipinski definition) is 2. The third-order valence-corrected chi connectivity index (χ3v) is 4.46. The minimum Gasteiger partial charge on any atom is -0.298 e. The molecule has 2 nitrogen and oxygen atoms in total. The molecule has 1 saturated carbocycles. The van der Waals surface area contributed by atoms with E-state index in [2.05, 4.69) is 25.7 Å². The van der Waals surface area contributed by atoms with Crippen LogP contribution in [-0.4, -0.2) is 28.8 Å². The molecule has 0 aromatic carbocycles. The predicted molar refractivity (Wildman–Crippen MR) is 61.8 cm³/mol. The summed E-state index contributed by atoms with van der Waals surface area (Å²) in [7, 11) is 0. The molecule has 1 spiro atoms. The Kier molecular flexibility index (Phi) is 2.89. The van der Waals surface area contributed by atoms with Crippen LogP contribution in [0.5, 0.6) is 0 Å². The summed E-state index contributed by atoms with van der Waals surface area (Å²) in [4.78, 5) is 14.7. The van der Waals surface area contributed by atoms with E-state index in [1.54, 1.807) is 0 Å². The Morgan fingerprint density at radius 3 is 2.73 bits per heavy atom. The third kappa shape index (κ3) is 1.54. The summed E-state index contributed by atoms with van der Waals surface area (Å²) in [6.45, 7) is 7.71. The van der Waals surface area contributed by atoms with Gasteiger partial charge in [-0.1, -0.05) is 19.8 Å². The molecule has 1 heterocycles. The van der Waals surface area contributed by atoms with Crippen molar-refractivity contribution in [3.63, 3.8) is 0 Å². The molecule has 1 aliphatic heterocycles. The summed E-state index contributed by atoms with van der Waals surface area (Å²) in [5, 5.41) is 0. The van der Waals surface area contributed by atoms with Crippen molar-refractivity contribution in [2.45, 2.75) is 64.5 Å². The van der Waals surface area contributed by atoms with Crippen LogP contribution in [-0.2, 0) is 4.79 Å². The smallest absolute Gasteiger partial charge is 0.154 e. The molecule has 2 aliphatic rings. The fourth-order valence-corrected chi connectivity index (χ4v) is 3.69. The average molecular weight is 209 g/mol. The van der Waals surface area contributed by atoms with Crippen molar-refractivity contribution in [3.05, 3.63) is 0 Å². The molecule has 86 valence electrons. The Balaban J connectivity index is 2.31. The van der Waals surface area contributed by atoms with Gasteiger partial charge in [0, 0.05) is 19.0 Å². The van der Waals surface area contributed by atoms with Gasteiger partial charge in [0.25, 0.3) is 0 Å². The third-order valence-electron chi connectivity index (χ3n) is 4.46. The first kappa shape index (κ1) is 11.1. The Hall–Kier alpha value is -0.370. The van der Waals surface area contributed by atoms with Crippen LogP contribution in [0.15, 0.2) is 0 Å². The molecule has 1 aliphatic carbocycles. The number of rotatable bonds is 1. The van der Waals surface area contributed by atoms with Gasteiger partial charge in [0.2, 0.25) is 0 Å². The van der Waals surface area contributed by atoms with Crippen molar-refractivity contribution in [1.82, 2.24) is 4.90 Å². The highest BCUT2D eigenvalue weighted by Crippen LogP contribution is 2.44. The van der Waals surface area contributed by atoms with Crippen LogP contribution in [0.1, 0.15) is 52.9 Å². The first-order chi connectivity index (χ1) is 7.09. The number of carbonyl (C=O) groups excluding carboxylic acids is 1. The quantitative estimate of drug-likeness (QED) is 0.661. The van der Waals surface area contributed by atoms with Gasteiger partial charge in [-0.05, 0) is 32.6 Å². The molecule has 0 N–H and O–H groups in total. The SMILES string of the molecule is CC(C)N1CCC(=O)C12CCCCC2C. The molecule has 2 rings (SSSR count). The average Bonchev–Trinajstić information content (AvgIpc) is 2.50. The van der Waals surface area contributed by atoms with E-state index >= 15 is 0 Å². The zero-order valence-corrected chi connectivity index (χ0v) is 10.3. The molecule has 0 radical (unpaired) electrons. The van der Waals surface area contributed by atoms with Gasteiger partial charge in [0.1, 0.15) is 0 Å². The molecule has 2 unspecified atom stereocenters. The van der Waals surface area contributed by atoms with E-state index in [0.29, 0.717) is 17.7 Å². The maximum absolute atomic E-state index is 12.2. The second-order valence-corrected chi connectivity index (χ2v) is 5.53. The molecule has 0 aromatic heterocycles. The molecule has 1 saturated heterocycles. The minimum absolute atomic E-state index is 0.0770. The number of likely N-dealkylation sites (tertiary alicyclic amines) is 1. The van der Waals surface area contributed by atoms with Gasteiger partial charge in [-0.15, -0.1) is 0 Å². The van der Waals surface area contributed by atoms with Crippen LogP contribution in [0, 0.1) is 5.92 Å². The van der Waals surface area contributed by atoms with Crippen molar-refractivity contribution in [1.29, 1.82) is 0 Å². The van der Waals surface area contributed by atoms with Crippen LogP contribution in [0.4, 0.5) is 0 Å². The van der Waals surface area contributed by atoms with Crippen LogP contribution in [0.2, 0.25) is 0 Å². The molecule has 2 fully saturated rings. The van der Waals surface area contributed by atoms with Crippen molar-refractivity contribution >= 4 is 5.78 Å². The Bertz CT molecular complexity index is 261. The summed E-state index contributed by atoms with van der Waals surface area (Å²) in [6.07, 6.45) is 5.66. The van der Waals surface area contributed by atoms with Gasteiger partial charge in [0.15, 0.2) is 5.78 Å². The fraction of sp³-hybridized carbons (Fsp3) is 0.923. The van der Waals surface area contributed by atoms with Gasteiger partial charge >= 0.3 is 0 Å². The van der Waals surface area contributed by atoms with Crippen LogP contribution in [0.3, 0.4) is 0 Å². The predicted octanol–water partition coefficient (Wildman–Crippen LogP) is 2.62. The maximum Gasteiger partial charge on any atom is 0.154 e. The monoisotopic (exact) mass is 209 g/mol. The number of ketones is 1. The normalized spacial score (nSPS) is 38.1. The second-order valence-electron chi connectivity index (χ2n) is 5.53. The molecule has 0 aromatic rings. The summed E-state index contributed by atoms with van der Waals surface area (Å²) >= 11 is 0. The van der Waals surface area contributed by atoms with Crippen LogP contribution >= 0.6 is 0 Å². The summed E-state index contributed by atoms with van der Waals surface area (Å²) < 4.78 is 0. The zero-order chi connectivity index (χ0) is 11.1. The summed E-state index contributed by atoms with van der Waals surface area (Å²) in [5.74, 6) is 1.08. The van der Waals surface area contributed by atoms with E-state index in [9.17, 15) is 4.79 Å². The zero-order valence-electron chi connectivity index (χ0n) is 10.3. The molecule has 2 heteroatoms. The number of carbonyl (C=O) groups is 1. The summed E-state index contributed by atoms with van der Waals surface area (Å²) in [6, 6.07) is 0.511. The molecule has 2 atom stereocenters. The summed E-state index contributed by atoms with van der Waals surface area (Å²) in [5.41, 5.74) is -0.0770. The van der Waals surface area contributed by atoms with Gasteiger partial charge in [-0.25, -0.2) is 0 Å². The Morgan fingerprint density at radius 1 is 1.40 bits per heavy atom.